The lowest BCUT2D eigenvalue weighted by Gasteiger charge is -2.29. The number of halogens is 3. The molecule has 0 radical (unpaired) electrons. The van der Waals surface area contributed by atoms with Crippen LogP contribution in [0.4, 0.5) is 8.78 Å². The summed E-state index contributed by atoms with van der Waals surface area (Å²) in [6, 6.07) is 5.15. The Morgan fingerprint density at radius 1 is 1.33 bits per heavy atom. The summed E-state index contributed by atoms with van der Waals surface area (Å²) in [6.07, 6.45) is 1.17. The Kier molecular flexibility index (Phi) is 8.19. The zero-order valence-electron chi connectivity index (χ0n) is 14.5. The predicted molar refractivity (Wildman–Crippen MR) is 93.4 cm³/mol. The standard InChI is InChI=1S/C17H26F2N2O2.ClH/c1-4-22-15-9-13(5-6-14(15)23-16(18)19)10-21(3)12-17(2)7-8-20-11-17;/h5-6,9,16,20H,4,7-8,10-12H2,1-3H3;1H. The third-order valence-electron chi connectivity index (χ3n) is 4.09. The molecule has 1 fully saturated rings. The molecule has 1 aromatic carbocycles. The highest BCUT2D eigenvalue weighted by atomic mass is 35.5. The summed E-state index contributed by atoms with van der Waals surface area (Å²) >= 11 is 0. The molecule has 0 bridgehead atoms. The largest absolute Gasteiger partial charge is 0.490 e. The van der Waals surface area contributed by atoms with E-state index in [1.807, 2.05) is 13.0 Å². The molecule has 0 aromatic heterocycles. The highest BCUT2D eigenvalue weighted by Gasteiger charge is 2.29. The second-order valence-corrected chi connectivity index (χ2v) is 6.50. The average molecular weight is 365 g/mol. The highest BCUT2D eigenvalue weighted by Crippen LogP contribution is 2.31. The molecule has 2 rings (SSSR count). The number of ether oxygens (including phenoxy) is 2. The third kappa shape index (κ3) is 6.07. The SMILES string of the molecule is CCOc1cc(CN(C)CC2(C)CCNC2)ccc1OC(F)F.Cl. The first-order chi connectivity index (χ1) is 10.9. The molecule has 7 heteroatoms. The summed E-state index contributed by atoms with van der Waals surface area (Å²) in [4.78, 5) is 2.26. The van der Waals surface area contributed by atoms with Crippen molar-refractivity contribution in [2.75, 3.05) is 33.3 Å². The van der Waals surface area contributed by atoms with Crippen LogP contribution in [0, 0.1) is 5.41 Å². The molecule has 1 N–H and O–H groups in total. The average Bonchev–Trinajstić information content (AvgIpc) is 2.87. The first-order valence-electron chi connectivity index (χ1n) is 8.02. The van der Waals surface area contributed by atoms with Crippen molar-refractivity contribution in [1.82, 2.24) is 10.2 Å². The first kappa shape index (κ1) is 20.9. The molecule has 1 heterocycles. The van der Waals surface area contributed by atoms with Crippen LogP contribution in [0.15, 0.2) is 18.2 Å². The van der Waals surface area contributed by atoms with Crippen molar-refractivity contribution in [3.63, 3.8) is 0 Å². The Balaban J connectivity index is 0.00000288. The van der Waals surface area contributed by atoms with Gasteiger partial charge in [-0.15, -0.1) is 12.4 Å². The summed E-state index contributed by atoms with van der Waals surface area (Å²) in [5.41, 5.74) is 1.31. The van der Waals surface area contributed by atoms with Gasteiger partial charge in [0.05, 0.1) is 6.61 Å². The van der Waals surface area contributed by atoms with Gasteiger partial charge in [-0.2, -0.15) is 8.78 Å². The summed E-state index contributed by atoms with van der Waals surface area (Å²) in [6.45, 7) is 5.49. The molecule has 0 spiro atoms. The van der Waals surface area contributed by atoms with Crippen LogP contribution in [0.5, 0.6) is 11.5 Å². The number of benzene rings is 1. The van der Waals surface area contributed by atoms with Gasteiger partial charge in [0, 0.05) is 19.6 Å². The van der Waals surface area contributed by atoms with Gasteiger partial charge in [-0.1, -0.05) is 13.0 Å². The lowest BCUT2D eigenvalue weighted by atomic mass is 9.89. The number of hydrogen-bond acceptors (Lipinski definition) is 4. The Hall–Kier alpha value is -1.11. The van der Waals surface area contributed by atoms with Crippen LogP contribution in [0.2, 0.25) is 0 Å². The number of rotatable bonds is 8. The highest BCUT2D eigenvalue weighted by molar-refractivity contribution is 5.85. The van der Waals surface area contributed by atoms with Gasteiger partial charge in [0.1, 0.15) is 0 Å². The van der Waals surface area contributed by atoms with Crippen molar-refractivity contribution in [3.05, 3.63) is 23.8 Å². The summed E-state index contributed by atoms with van der Waals surface area (Å²) in [5, 5.41) is 3.40. The number of alkyl halides is 2. The zero-order valence-corrected chi connectivity index (χ0v) is 15.3. The van der Waals surface area contributed by atoms with E-state index in [9.17, 15) is 8.78 Å². The molecular weight excluding hydrogens is 338 g/mol. The Morgan fingerprint density at radius 2 is 2.08 bits per heavy atom. The lowest BCUT2D eigenvalue weighted by Crippen LogP contribution is -2.34. The molecule has 1 aliphatic heterocycles. The molecule has 138 valence electrons. The normalized spacial score (nSPS) is 20.3. The molecule has 0 amide bonds. The van der Waals surface area contributed by atoms with Gasteiger partial charge in [-0.25, -0.2) is 0 Å². The molecule has 4 nitrogen and oxygen atoms in total. The minimum atomic E-state index is -2.85. The van der Waals surface area contributed by atoms with E-state index >= 15 is 0 Å². The van der Waals surface area contributed by atoms with Crippen LogP contribution in [0.3, 0.4) is 0 Å². The minimum absolute atomic E-state index is 0. The van der Waals surface area contributed by atoms with E-state index in [0.717, 1.165) is 31.7 Å². The maximum absolute atomic E-state index is 12.4. The second kappa shape index (κ2) is 9.39. The van der Waals surface area contributed by atoms with E-state index in [1.165, 1.54) is 6.42 Å². The molecular formula is C17H27ClF2N2O2. The van der Waals surface area contributed by atoms with Gasteiger partial charge >= 0.3 is 6.61 Å². The second-order valence-electron chi connectivity index (χ2n) is 6.50. The van der Waals surface area contributed by atoms with E-state index in [4.69, 9.17) is 4.74 Å². The van der Waals surface area contributed by atoms with Gasteiger partial charge in [0.25, 0.3) is 0 Å². The summed E-state index contributed by atoms with van der Waals surface area (Å²) in [5.74, 6) is 0.452. The van der Waals surface area contributed by atoms with Crippen molar-refractivity contribution in [3.8, 4) is 11.5 Å². The van der Waals surface area contributed by atoms with Gasteiger partial charge in [-0.05, 0) is 50.0 Å². The minimum Gasteiger partial charge on any atom is -0.490 e. The van der Waals surface area contributed by atoms with Crippen molar-refractivity contribution >= 4 is 12.4 Å². The monoisotopic (exact) mass is 364 g/mol. The van der Waals surface area contributed by atoms with E-state index in [1.54, 1.807) is 12.1 Å². The summed E-state index contributed by atoms with van der Waals surface area (Å²) in [7, 11) is 2.08. The Labute approximate surface area is 148 Å². The number of hydrogen-bond donors (Lipinski definition) is 1. The van der Waals surface area contributed by atoms with E-state index < -0.39 is 6.61 Å². The van der Waals surface area contributed by atoms with Gasteiger partial charge < -0.3 is 19.7 Å². The van der Waals surface area contributed by atoms with Crippen molar-refractivity contribution in [2.24, 2.45) is 5.41 Å². The van der Waals surface area contributed by atoms with Crippen LogP contribution in [-0.2, 0) is 6.54 Å². The van der Waals surface area contributed by atoms with Crippen molar-refractivity contribution in [1.29, 1.82) is 0 Å². The van der Waals surface area contributed by atoms with Gasteiger partial charge in [0.2, 0.25) is 0 Å². The van der Waals surface area contributed by atoms with E-state index in [-0.39, 0.29) is 23.6 Å². The molecule has 0 saturated carbocycles. The third-order valence-corrected chi connectivity index (χ3v) is 4.09. The Morgan fingerprint density at radius 3 is 2.67 bits per heavy atom. The van der Waals surface area contributed by atoms with Crippen LogP contribution < -0.4 is 14.8 Å². The van der Waals surface area contributed by atoms with Crippen LogP contribution in [0.25, 0.3) is 0 Å². The fraction of sp³-hybridized carbons (Fsp3) is 0.647. The topological polar surface area (TPSA) is 33.7 Å². The van der Waals surface area contributed by atoms with Crippen LogP contribution in [0.1, 0.15) is 25.8 Å². The Bertz CT molecular complexity index is 511. The fourth-order valence-electron chi connectivity index (χ4n) is 3.14. The maximum Gasteiger partial charge on any atom is 0.387 e. The van der Waals surface area contributed by atoms with E-state index in [2.05, 4.69) is 28.9 Å². The summed E-state index contributed by atoms with van der Waals surface area (Å²) < 4.78 is 34.8. The van der Waals surface area contributed by atoms with Crippen LogP contribution in [-0.4, -0.2) is 44.8 Å². The number of nitrogens with zero attached hydrogens (tertiary/aromatic N) is 1. The smallest absolute Gasteiger partial charge is 0.387 e. The van der Waals surface area contributed by atoms with Gasteiger partial charge in [-0.3, -0.25) is 0 Å². The predicted octanol–water partition coefficient (Wildman–Crippen LogP) is 3.54. The number of nitrogens with one attached hydrogen (secondary N) is 1. The molecule has 1 aliphatic rings. The van der Waals surface area contributed by atoms with Crippen LogP contribution >= 0.6 is 12.4 Å². The molecule has 1 aromatic rings. The molecule has 1 unspecified atom stereocenters. The lowest BCUT2D eigenvalue weighted by molar-refractivity contribution is -0.0514. The molecule has 1 saturated heterocycles. The maximum atomic E-state index is 12.4. The van der Waals surface area contributed by atoms with Crippen molar-refractivity contribution in [2.45, 2.75) is 33.4 Å². The molecule has 0 aliphatic carbocycles. The molecule has 1 atom stereocenters. The first-order valence-corrected chi connectivity index (χ1v) is 8.02. The van der Waals surface area contributed by atoms with Gasteiger partial charge in [0.15, 0.2) is 11.5 Å². The van der Waals surface area contributed by atoms with Crippen molar-refractivity contribution < 1.29 is 18.3 Å². The zero-order chi connectivity index (χ0) is 16.9. The fourth-order valence-corrected chi connectivity index (χ4v) is 3.14. The van der Waals surface area contributed by atoms with E-state index in [0.29, 0.717) is 12.4 Å². The quantitative estimate of drug-likeness (QED) is 0.765. The molecule has 24 heavy (non-hydrogen) atoms.